The van der Waals surface area contributed by atoms with Crippen molar-refractivity contribution in [3.8, 4) is 0 Å². The fraction of sp³-hybridized carbons (Fsp3) is 0.300. The zero-order chi connectivity index (χ0) is 17.8. The van der Waals surface area contributed by atoms with Gasteiger partial charge in [-0.05, 0) is 30.5 Å². The van der Waals surface area contributed by atoms with E-state index in [4.69, 9.17) is 4.42 Å². The summed E-state index contributed by atoms with van der Waals surface area (Å²) in [6, 6.07) is 13.4. The fourth-order valence-corrected chi connectivity index (χ4v) is 2.70. The SMILES string of the molecule is CC(C)CCC(=O)NCC(=O)Nc1ccc2c(c1)oc1ccccc12. The van der Waals surface area contributed by atoms with Crippen LogP contribution in [0.25, 0.3) is 21.9 Å². The summed E-state index contributed by atoms with van der Waals surface area (Å²) in [6.07, 6.45) is 1.26. The lowest BCUT2D eigenvalue weighted by atomic mass is 10.1. The van der Waals surface area contributed by atoms with E-state index in [0.717, 1.165) is 28.4 Å². The molecule has 0 unspecified atom stereocenters. The maximum atomic E-state index is 12.0. The molecule has 0 spiro atoms. The number of hydrogen-bond donors (Lipinski definition) is 2. The van der Waals surface area contributed by atoms with Crippen LogP contribution in [-0.2, 0) is 9.59 Å². The molecule has 0 aliphatic carbocycles. The topological polar surface area (TPSA) is 71.3 Å². The van der Waals surface area contributed by atoms with Crippen LogP contribution in [0, 0.1) is 5.92 Å². The molecule has 1 heterocycles. The molecule has 5 heteroatoms. The van der Waals surface area contributed by atoms with Crippen LogP contribution in [0.15, 0.2) is 46.9 Å². The molecule has 0 atom stereocenters. The molecule has 0 saturated carbocycles. The molecule has 3 rings (SSSR count). The van der Waals surface area contributed by atoms with E-state index in [1.54, 1.807) is 6.07 Å². The highest BCUT2D eigenvalue weighted by molar-refractivity contribution is 6.06. The normalized spacial score (nSPS) is 11.2. The van der Waals surface area contributed by atoms with Crippen molar-refractivity contribution in [2.24, 2.45) is 5.92 Å². The van der Waals surface area contributed by atoms with Gasteiger partial charge in [-0.15, -0.1) is 0 Å². The molecule has 2 amide bonds. The number of amides is 2. The van der Waals surface area contributed by atoms with Crippen molar-refractivity contribution in [2.75, 3.05) is 11.9 Å². The van der Waals surface area contributed by atoms with Crippen LogP contribution < -0.4 is 10.6 Å². The van der Waals surface area contributed by atoms with E-state index in [1.165, 1.54) is 0 Å². The Bertz CT molecular complexity index is 912. The predicted molar refractivity (Wildman–Crippen MR) is 99.4 cm³/mol. The molecule has 0 aliphatic heterocycles. The first-order chi connectivity index (χ1) is 12.0. The number of carbonyl (C=O) groups excluding carboxylic acids is 2. The minimum absolute atomic E-state index is 0.0326. The van der Waals surface area contributed by atoms with Crippen LogP contribution in [0.2, 0.25) is 0 Å². The Kier molecular flexibility index (Phi) is 5.03. The number of rotatable bonds is 6. The van der Waals surface area contributed by atoms with Crippen LogP contribution in [-0.4, -0.2) is 18.4 Å². The van der Waals surface area contributed by atoms with Gasteiger partial charge in [-0.1, -0.05) is 32.0 Å². The molecule has 3 aromatic rings. The standard InChI is InChI=1S/C20H22N2O3/c1-13(2)7-10-19(23)21-12-20(24)22-14-8-9-16-15-5-3-4-6-17(15)25-18(16)11-14/h3-6,8-9,11,13H,7,10,12H2,1-2H3,(H,21,23)(H,22,24). The summed E-state index contributed by atoms with van der Waals surface area (Å²) in [5.74, 6) is 0.111. The second-order valence-electron chi connectivity index (χ2n) is 6.57. The third kappa shape index (κ3) is 4.18. The number of fused-ring (bicyclic) bond motifs is 3. The Morgan fingerprint density at radius 3 is 2.56 bits per heavy atom. The summed E-state index contributed by atoms with van der Waals surface area (Å²) in [6.45, 7) is 4.09. The van der Waals surface area contributed by atoms with E-state index in [0.29, 0.717) is 18.0 Å². The molecule has 0 bridgehead atoms. The van der Waals surface area contributed by atoms with Gasteiger partial charge in [0, 0.05) is 28.9 Å². The molecule has 0 radical (unpaired) electrons. The summed E-state index contributed by atoms with van der Waals surface area (Å²) in [5, 5.41) is 7.49. The maximum absolute atomic E-state index is 12.0. The predicted octanol–water partition coefficient (Wildman–Crippen LogP) is 4.08. The van der Waals surface area contributed by atoms with Gasteiger partial charge in [0.1, 0.15) is 11.2 Å². The van der Waals surface area contributed by atoms with Gasteiger partial charge in [0.25, 0.3) is 0 Å². The van der Waals surface area contributed by atoms with Crippen molar-refractivity contribution in [3.05, 3.63) is 42.5 Å². The quantitative estimate of drug-likeness (QED) is 0.711. The van der Waals surface area contributed by atoms with E-state index in [9.17, 15) is 9.59 Å². The number of furan rings is 1. The Labute approximate surface area is 146 Å². The van der Waals surface area contributed by atoms with Crippen LogP contribution in [0.5, 0.6) is 0 Å². The molecule has 1 aromatic heterocycles. The minimum atomic E-state index is -0.256. The molecule has 0 fully saturated rings. The van der Waals surface area contributed by atoms with Gasteiger partial charge in [-0.3, -0.25) is 9.59 Å². The minimum Gasteiger partial charge on any atom is -0.456 e. The molecule has 5 nitrogen and oxygen atoms in total. The van der Waals surface area contributed by atoms with E-state index in [-0.39, 0.29) is 18.4 Å². The zero-order valence-electron chi connectivity index (χ0n) is 14.5. The monoisotopic (exact) mass is 338 g/mol. The zero-order valence-corrected chi connectivity index (χ0v) is 14.5. The largest absolute Gasteiger partial charge is 0.456 e. The second kappa shape index (κ2) is 7.38. The average molecular weight is 338 g/mol. The molecular weight excluding hydrogens is 316 g/mol. The van der Waals surface area contributed by atoms with Gasteiger partial charge < -0.3 is 15.1 Å². The van der Waals surface area contributed by atoms with Crippen molar-refractivity contribution >= 4 is 39.4 Å². The lowest BCUT2D eigenvalue weighted by molar-refractivity contribution is -0.124. The number of carbonyl (C=O) groups is 2. The first kappa shape index (κ1) is 17.0. The van der Waals surface area contributed by atoms with Crippen molar-refractivity contribution in [3.63, 3.8) is 0 Å². The molecule has 25 heavy (non-hydrogen) atoms. The van der Waals surface area contributed by atoms with Crippen molar-refractivity contribution in [2.45, 2.75) is 26.7 Å². The first-order valence-corrected chi connectivity index (χ1v) is 8.51. The fourth-order valence-electron chi connectivity index (χ4n) is 2.70. The Morgan fingerprint density at radius 2 is 1.76 bits per heavy atom. The highest BCUT2D eigenvalue weighted by Crippen LogP contribution is 2.30. The Balaban J connectivity index is 1.61. The van der Waals surface area contributed by atoms with Gasteiger partial charge in [0.2, 0.25) is 11.8 Å². The highest BCUT2D eigenvalue weighted by atomic mass is 16.3. The number of benzene rings is 2. The van der Waals surface area contributed by atoms with Crippen LogP contribution in [0.3, 0.4) is 0 Å². The Morgan fingerprint density at radius 1 is 1.00 bits per heavy atom. The molecule has 2 N–H and O–H groups in total. The van der Waals surface area contributed by atoms with Gasteiger partial charge in [-0.2, -0.15) is 0 Å². The lowest BCUT2D eigenvalue weighted by Crippen LogP contribution is -2.32. The summed E-state index contributed by atoms with van der Waals surface area (Å²) >= 11 is 0. The second-order valence-corrected chi connectivity index (χ2v) is 6.57. The summed E-state index contributed by atoms with van der Waals surface area (Å²) in [4.78, 5) is 23.7. The van der Waals surface area contributed by atoms with Gasteiger partial charge in [0.05, 0.1) is 6.54 Å². The summed E-state index contributed by atoms with van der Waals surface area (Å²) < 4.78 is 5.81. The molecule has 0 aliphatic rings. The summed E-state index contributed by atoms with van der Waals surface area (Å²) in [5.41, 5.74) is 2.19. The van der Waals surface area contributed by atoms with Crippen LogP contribution in [0.4, 0.5) is 5.69 Å². The summed E-state index contributed by atoms with van der Waals surface area (Å²) in [7, 11) is 0. The molecule has 0 saturated heterocycles. The smallest absolute Gasteiger partial charge is 0.243 e. The molecular formula is C20H22N2O3. The Hall–Kier alpha value is -2.82. The number of para-hydroxylation sites is 1. The van der Waals surface area contributed by atoms with E-state index in [2.05, 4.69) is 24.5 Å². The molecule has 130 valence electrons. The van der Waals surface area contributed by atoms with E-state index < -0.39 is 0 Å². The van der Waals surface area contributed by atoms with Crippen molar-refractivity contribution in [1.82, 2.24) is 5.32 Å². The van der Waals surface area contributed by atoms with Crippen molar-refractivity contribution < 1.29 is 14.0 Å². The lowest BCUT2D eigenvalue weighted by Gasteiger charge is -2.08. The van der Waals surface area contributed by atoms with Crippen LogP contribution >= 0.6 is 0 Å². The third-order valence-corrected chi connectivity index (χ3v) is 4.06. The number of nitrogens with one attached hydrogen (secondary N) is 2. The average Bonchev–Trinajstić information content (AvgIpc) is 2.95. The molecule has 2 aromatic carbocycles. The van der Waals surface area contributed by atoms with Crippen molar-refractivity contribution in [1.29, 1.82) is 0 Å². The van der Waals surface area contributed by atoms with Gasteiger partial charge in [-0.25, -0.2) is 0 Å². The number of anilines is 1. The van der Waals surface area contributed by atoms with E-state index in [1.807, 2.05) is 36.4 Å². The third-order valence-electron chi connectivity index (χ3n) is 4.06. The van der Waals surface area contributed by atoms with Gasteiger partial charge >= 0.3 is 0 Å². The highest BCUT2D eigenvalue weighted by Gasteiger charge is 2.10. The van der Waals surface area contributed by atoms with Gasteiger partial charge in [0.15, 0.2) is 0 Å². The van der Waals surface area contributed by atoms with E-state index >= 15 is 0 Å². The maximum Gasteiger partial charge on any atom is 0.243 e. The number of hydrogen-bond acceptors (Lipinski definition) is 3. The van der Waals surface area contributed by atoms with Crippen LogP contribution in [0.1, 0.15) is 26.7 Å². The first-order valence-electron chi connectivity index (χ1n) is 8.51.